The molecule has 1 N–H and O–H groups in total. The van der Waals surface area contributed by atoms with Gasteiger partial charge in [0, 0.05) is 31.1 Å². The van der Waals surface area contributed by atoms with Gasteiger partial charge in [-0.1, -0.05) is 12.1 Å². The van der Waals surface area contributed by atoms with Gasteiger partial charge in [0.2, 0.25) is 0 Å². The molecule has 1 fully saturated rings. The van der Waals surface area contributed by atoms with Crippen molar-refractivity contribution in [3.63, 3.8) is 0 Å². The number of hydrogen-bond donors (Lipinski definition) is 1. The van der Waals surface area contributed by atoms with Gasteiger partial charge in [0.25, 0.3) is 5.91 Å². The summed E-state index contributed by atoms with van der Waals surface area (Å²) in [5.74, 6) is -0.147. The maximum Gasteiger partial charge on any atom is 0.325 e. The second kappa shape index (κ2) is 7.07. The van der Waals surface area contributed by atoms with Crippen LogP contribution < -0.4 is 5.32 Å². The molecule has 1 aromatic heterocycles. The van der Waals surface area contributed by atoms with E-state index in [1.165, 1.54) is 9.78 Å². The van der Waals surface area contributed by atoms with Crippen LogP contribution >= 0.6 is 11.3 Å². The van der Waals surface area contributed by atoms with Gasteiger partial charge in [-0.2, -0.15) is 0 Å². The molecule has 5 nitrogen and oxygen atoms in total. The summed E-state index contributed by atoms with van der Waals surface area (Å²) in [6.07, 6.45) is 2.64. The molecule has 0 bridgehead atoms. The summed E-state index contributed by atoms with van der Waals surface area (Å²) in [5.41, 5.74) is -0.783. The van der Waals surface area contributed by atoms with Crippen molar-refractivity contribution in [3.05, 3.63) is 35.0 Å². The highest BCUT2D eigenvalue weighted by molar-refractivity contribution is 7.09. The van der Waals surface area contributed by atoms with Crippen LogP contribution in [0.5, 0.6) is 0 Å². The van der Waals surface area contributed by atoms with Crippen LogP contribution in [0.3, 0.4) is 0 Å². The van der Waals surface area contributed by atoms with Gasteiger partial charge in [0.1, 0.15) is 5.54 Å². The summed E-state index contributed by atoms with van der Waals surface area (Å²) < 4.78 is 0. The zero-order valence-corrected chi connectivity index (χ0v) is 14.0. The van der Waals surface area contributed by atoms with Crippen LogP contribution in [0, 0.1) is 0 Å². The van der Waals surface area contributed by atoms with Crippen molar-refractivity contribution in [2.75, 3.05) is 19.6 Å². The lowest BCUT2D eigenvalue weighted by atomic mass is 10.1. The van der Waals surface area contributed by atoms with E-state index in [0.717, 1.165) is 26.1 Å². The highest BCUT2D eigenvalue weighted by Gasteiger charge is 2.43. The number of carbonyl (C=O) groups is 2. The van der Waals surface area contributed by atoms with E-state index in [4.69, 9.17) is 0 Å². The quantitative estimate of drug-likeness (QED) is 0.591. The first-order valence-electron chi connectivity index (χ1n) is 7.44. The summed E-state index contributed by atoms with van der Waals surface area (Å²) >= 11 is 1.73. The Bertz CT molecular complexity index is 540. The van der Waals surface area contributed by atoms with Crippen LogP contribution in [-0.4, -0.2) is 46.9 Å². The zero-order valence-electron chi connectivity index (χ0n) is 13.2. The fourth-order valence-electron chi connectivity index (χ4n) is 2.51. The lowest BCUT2D eigenvalue weighted by Gasteiger charge is -2.21. The molecule has 2 heterocycles. The standard InChI is InChI=1S/C16H23N3O2S/c1-4-8-18(12-13-7-5-11-22-13)9-6-10-19-14(20)16(2,3)17-15(19)21/h4-5,7,11H,1,6,8-10,12H2,2-3H3,(H,17,21). The fraction of sp³-hybridized carbons (Fsp3) is 0.500. The third kappa shape index (κ3) is 3.96. The van der Waals surface area contributed by atoms with Crippen molar-refractivity contribution in [2.45, 2.75) is 32.4 Å². The Morgan fingerprint density at radius 2 is 2.23 bits per heavy atom. The predicted octanol–water partition coefficient (Wildman–Crippen LogP) is 2.46. The first kappa shape index (κ1) is 16.7. The number of imide groups is 1. The maximum absolute atomic E-state index is 12.1. The van der Waals surface area contributed by atoms with Crippen molar-refractivity contribution >= 4 is 23.3 Å². The van der Waals surface area contributed by atoms with Gasteiger partial charge in [-0.15, -0.1) is 17.9 Å². The van der Waals surface area contributed by atoms with E-state index in [1.807, 2.05) is 12.1 Å². The summed E-state index contributed by atoms with van der Waals surface area (Å²) in [4.78, 5) is 28.8. The first-order chi connectivity index (χ1) is 10.4. The van der Waals surface area contributed by atoms with Gasteiger partial charge >= 0.3 is 6.03 Å². The molecule has 0 spiro atoms. The molecule has 1 aliphatic rings. The van der Waals surface area contributed by atoms with E-state index in [0.29, 0.717) is 6.54 Å². The third-order valence-corrected chi connectivity index (χ3v) is 4.51. The van der Waals surface area contributed by atoms with Crippen LogP contribution in [0.1, 0.15) is 25.1 Å². The van der Waals surface area contributed by atoms with E-state index in [-0.39, 0.29) is 11.9 Å². The molecule has 2 rings (SSSR count). The molecule has 0 radical (unpaired) electrons. The summed E-state index contributed by atoms with van der Waals surface area (Å²) in [6, 6.07) is 3.87. The van der Waals surface area contributed by atoms with E-state index in [1.54, 1.807) is 25.2 Å². The molecule has 0 aliphatic carbocycles. The molecule has 6 heteroatoms. The Kier molecular flexibility index (Phi) is 5.37. The smallest absolute Gasteiger partial charge is 0.324 e. The highest BCUT2D eigenvalue weighted by atomic mass is 32.1. The lowest BCUT2D eigenvalue weighted by molar-refractivity contribution is -0.130. The van der Waals surface area contributed by atoms with Gasteiger partial charge in [0.05, 0.1) is 0 Å². The fourth-order valence-corrected chi connectivity index (χ4v) is 3.26. The normalized spacial score (nSPS) is 17.1. The number of hydrogen-bond acceptors (Lipinski definition) is 4. The summed E-state index contributed by atoms with van der Waals surface area (Å²) in [6.45, 7) is 10.2. The third-order valence-electron chi connectivity index (χ3n) is 3.65. The average Bonchev–Trinajstić information content (AvgIpc) is 3.01. The molecule has 0 aromatic carbocycles. The van der Waals surface area contributed by atoms with Crippen LogP contribution in [0.2, 0.25) is 0 Å². The SMILES string of the molecule is C=CCN(CCCN1C(=O)NC(C)(C)C1=O)Cc1cccs1. The molecule has 0 atom stereocenters. The monoisotopic (exact) mass is 321 g/mol. The Morgan fingerprint density at radius 1 is 1.45 bits per heavy atom. The molecule has 120 valence electrons. The van der Waals surface area contributed by atoms with E-state index in [2.05, 4.69) is 28.2 Å². The van der Waals surface area contributed by atoms with E-state index >= 15 is 0 Å². The predicted molar refractivity (Wildman–Crippen MR) is 88.7 cm³/mol. The molecule has 22 heavy (non-hydrogen) atoms. The number of nitrogens with one attached hydrogen (secondary N) is 1. The minimum Gasteiger partial charge on any atom is -0.324 e. The lowest BCUT2D eigenvalue weighted by Crippen LogP contribution is -2.40. The van der Waals surface area contributed by atoms with E-state index < -0.39 is 5.54 Å². The molecule has 1 saturated heterocycles. The number of urea groups is 1. The average molecular weight is 321 g/mol. The Morgan fingerprint density at radius 3 is 2.77 bits per heavy atom. The molecule has 0 saturated carbocycles. The number of carbonyl (C=O) groups excluding carboxylic acids is 2. The Balaban J connectivity index is 1.84. The van der Waals surface area contributed by atoms with Crippen molar-refractivity contribution < 1.29 is 9.59 Å². The number of nitrogens with zero attached hydrogens (tertiary/aromatic N) is 2. The van der Waals surface area contributed by atoms with E-state index in [9.17, 15) is 9.59 Å². The molecule has 1 aliphatic heterocycles. The molecule has 0 unspecified atom stereocenters. The zero-order chi connectivity index (χ0) is 16.2. The minimum absolute atomic E-state index is 0.147. The number of thiophene rings is 1. The number of rotatable bonds is 8. The second-order valence-corrected chi connectivity index (χ2v) is 7.00. The minimum atomic E-state index is -0.783. The van der Waals surface area contributed by atoms with Crippen molar-refractivity contribution in [2.24, 2.45) is 0 Å². The van der Waals surface area contributed by atoms with Gasteiger partial charge in [0.15, 0.2) is 0 Å². The van der Waals surface area contributed by atoms with Crippen molar-refractivity contribution in [3.8, 4) is 0 Å². The molecule has 1 aromatic rings. The van der Waals surface area contributed by atoms with Gasteiger partial charge in [-0.3, -0.25) is 14.6 Å². The Labute approximate surface area is 135 Å². The Hall–Kier alpha value is -1.66. The summed E-state index contributed by atoms with van der Waals surface area (Å²) in [5, 5.41) is 4.77. The molecular weight excluding hydrogens is 298 g/mol. The van der Waals surface area contributed by atoms with Crippen molar-refractivity contribution in [1.29, 1.82) is 0 Å². The largest absolute Gasteiger partial charge is 0.325 e. The van der Waals surface area contributed by atoms with Crippen LogP contribution in [0.25, 0.3) is 0 Å². The van der Waals surface area contributed by atoms with Gasteiger partial charge in [-0.25, -0.2) is 4.79 Å². The first-order valence-corrected chi connectivity index (χ1v) is 8.32. The van der Waals surface area contributed by atoms with Crippen molar-refractivity contribution in [1.82, 2.24) is 15.1 Å². The highest BCUT2D eigenvalue weighted by Crippen LogP contribution is 2.17. The van der Waals surface area contributed by atoms with Gasteiger partial charge < -0.3 is 5.32 Å². The molecule has 3 amide bonds. The number of amides is 3. The van der Waals surface area contributed by atoms with Crippen LogP contribution in [-0.2, 0) is 11.3 Å². The molecular formula is C16H23N3O2S. The topological polar surface area (TPSA) is 52.6 Å². The van der Waals surface area contributed by atoms with Gasteiger partial charge in [-0.05, 0) is 31.7 Å². The maximum atomic E-state index is 12.1. The summed E-state index contributed by atoms with van der Waals surface area (Å²) in [7, 11) is 0. The van der Waals surface area contributed by atoms with Crippen LogP contribution in [0.15, 0.2) is 30.2 Å². The second-order valence-electron chi connectivity index (χ2n) is 5.97. The van der Waals surface area contributed by atoms with Crippen LogP contribution in [0.4, 0.5) is 4.79 Å².